The van der Waals surface area contributed by atoms with Crippen molar-refractivity contribution in [2.45, 2.75) is 18.3 Å². The van der Waals surface area contributed by atoms with Gasteiger partial charge in [-0.1, -0.05) is 60.7 Å². The number of ether oxygens (including phenoxy) is 2. The van der Waals surface area contributed by atoms with Crippen LogP contribution in [0, 0.1) is 0 Å². The molecule has 3 unspecified atom stereocenters. The second-order valence-electron chi connectivity index (χ2n) is 5.14. The Morgan fingerprint density at radius 3 is 2.14 bits per heavy atom. The van der Waals surface area contributed by atoms with Crippen LogP contribution in [0.25, 0.3) is 0 Å². The van der Waals surface area contributed by atoms with Crippen molar-refractivity contribution < 1.29 is 19.1 Å². The number of aldehydes is 1. The molecular formula is C18H16O4. The van der Waals surface area contributed by atoms with Crippen LogP contribution in [0.4, 0.5) is 0 Å². The summed E-state index contributed by atoms with van der Waals surface area (Å²) >= 11 is 0. The average Bonchev–Trinajstić information content (AvgIpc) is 2.62. The SMILES string of the molecule is O=CC(=O)C1OC(c2ccccc2)COC1c1ccccc1. The predicted molar refractivity (Wildman–Crippen MR) is 80.3 cm³/mol. The van der Waals surface area contributed by atoms with Gasteiger partial charge in [0.05, 0.1) is 6.61 Å². The minimum absolute atomic E-state index is 0.303. The second kappa shape index (κ2) is 6.64. The summed E-state index contributed by atoms with van der Waals surface area (Å²) in [7, 11) is 0. The molecule has 3 rings (SSSR count). The molecule has 0 aromatic heterocycles. The zero-order chi connectivity index (χ0) is 15.4. The molecule has 1 aliphatic rings. The summed E-state index contributed by atoms with van der Waals surface area (Å²) < 4.78 is 11.7. The number of benzene rings is 2. The highest BCUT2D eigenvalue weighted by molar-refractivity contribution is 6.27. The molecule has 4 heteroatoms. The Balaban J connectivity index is 1.86. The first-order valence-electron chi connectivity index (χ1n) is 7.15. The molecular weight excluding hydrogens is 280 g/mol. The molecule has 1 heterocycles. The Morgan fingerprint density at radius 1 is 0.955 bits per heavy atom. The van der Waals surface area contributed by atoms with E-state index in [1.54, 1.807) is 0 Å². The van der Waals surface area contributed by atoms with E-state index < -0.39 is 18.0 Å². The van der Waals surface area contributed by atoms with E-state index >= 15 is 0 Å². The number of hydrogen-bond donors (Lipinski definition) is 0. The van der Waals surface area contributed by atoms with Crippen molar-refractivity contribution >= 4 is 12.1 Å². The fraction of sp³-hybridized carbons (Fsp3) is 0.222. The first-order chi connectivity index (χ1) is 10.8. The summed E-state index contributed by atoms with van der Waals surface area (Å²) in [6, 6.07) is 18.9. The maximum Gasteiger partial charge on any atom is 0.226 e. The number of carbonyl (C=O) groups is 2. The summed E-state index contributed by atoms with van der Waals surface area (Å²) in [5.41, 5.74) is 1.76. The van der Waals surface area contributed by atoms with Gasteiger partial charge in [-0.25, -0.2) is 0 Å². The third-order valence-electron chi connectivity index (χ3n) is 3.71. The quantitative estimate of drug-likeness (QED) is 0.643. The van der Waals surface area contributed by atoms with Crippen LogP contribution in [0.5, 0.6) is 0 Å². The Morgan fingerprint density at radius 2 is 1.55 bits per heavy atom. The highest BCUT2D eigenvalue weighted by Crippen LogP contribution is 2.34. The number of rotatable bonds is 4. The molecule has 3 atom stereocenters. The number of Topliss-reactive ketones (excluding diaryl/α,β-unsaturated/α-hetero) is 1. The number of hydrogen-bond acceptors (Lipinski definition) is 4. The third kappa shape index (κ3) is 2.98. The van der Waals surface area contributed by atoms with Crippen LogP contribution in [0.1, 0.15) is 23.3 Å². The van der Waals surface area contributed by atoms with Crippen LogP contribution in [-0.2, 0) is 19.1 Å². The Kier molecular flexibility index (Phi) is 4.42. The van der Waals surface area contributed by atoms with Gasteiger partial charge in [-0.3, -0.25) is 9.59 Å². The van der Waals surface area contributed by atoms with Crippen molar-refractivity contribution in [1.82, 2.24) is 0 Å². The van der Waals surface area contributed by atoms with Gasteiger partial charge in [0, 0.05) is 0 Å². The smallest absolute Gasteiger partial charge is 0.226 e. The van der Waals surface area contributed by atoms with E-state index in [0.29, 0.717) is 12.9 Å². The molecule has 0 spiro atoms. The van der Waals surface area contributed by atoms with E-state index in [2.05, 4.69) is 0 Å². The average molecular weight is 296 g/mol. The van der Waals surface area contributed by atoms with Gasteiger partial charge in [-0.05, 0) is 11.1 Å². The molecule has 1 saturated heterocycles. The topological polar surface area (TPSA) is 52.6 Å². The summed E-state index contributed by atoms with van der Waals surface area (Å²) in [5, 5.41) is 0. The fourth-order valence-electron chi connectivity index (χ4n) is 2.61. The van der Waals surface area contributed by atoms with Crippen LogP contribution in [0.15, 0.2) is 60.7 Å². The highest BCUT2D eigenvalue weighted by atomic mass is 16.6. The monoisotopic (exact) mass is 296 g/mol. The van der Waals surface area contributed by atoms with Gasteiger partial charge >= 0.3 is 0 Å². The summed E-state index contributed by atoms with van der Waals surface area (Å²) in [6.45, 7) is 0.339. The maximum atomic E-state index is 12.0. The molecule has 0 bridgehead atoms. The summed E-state index contributed by atoms with van der Waals surface area (Å²) in [4.78, 5) is 22.9. The van der Waals surface area contributed by atoms with Gasteiger partial charge in [0.25, 0.3) is 0 Å². The van der Waals surface area contributed by atoms with Crippen LogP contribution >= 0.6 is 0 Å². The van der Waals surface area contributed by atoms with Gasteiger partial charge in [0.1, 0.15) is 12.2 Å². The second-order valence-corrected chi connectivity index (χ2v) is 5.14. The molecule has 0 radical (unpaired) electrons. The van der Waals surface area contributed by atoms with Gasteiger partial charge in [0.15, 0.2) is 12.4 Å². The molecule has 0 N–H and O–H groups in total. The summed E-state index contributed by atoms with van der Waals surface area (Å²) in [5.74, 6) is -0.602. The van der Waals surface area contributed by atoms with Gasteiger partial charge in [-0.2, -0.15) is 0 Å². The van der Waals surface area contributed by atoms with E-state index in [1.807, 2.05) is 60.7 Å². The molecule has 2 aromatic carbocycles. The van der Waals surface area contributed by atoms with Gasteiger partial charge in [-0.15, -0.1) is 0 Å². The first kappa shape index (κ1) is 14.6. The van der Waals surface area contributed by atoms with Crippen LogP contribution < -0.4 is 0 Å². The number of carbonyl (C=O) groups excluding carboxylic acids is 2. The van der Waals surface area contributed by atoms with E-state index in [9.17, 15) is 9.59 Å². The van der Waals surface area contributed by atoms with Gasteiger partial charge < -0.3 is 9.47 Å². The van der Waals surface area contributed by atoms with E-state index in [-0.39, 0.29) is 6.10 Å². The molecule has 112 valence electrons. The molecule has 1 aliphatic heterocycles. The lowest BCUT2D eigenvalue weighted by atomic mass is 9.99. The minimum Gasteiger partial charge on any atom is -0.367 e. The Bertz CT molecular complexity index is 639. The lowest BCUT2D eigenvalue weighted by molar-refractivity contribution is -0.190. The van der Waals surface area contributed by atoms with Crippen molar-refractivity contribution in [1.29, 1.82) is 0 Å². The third-order valence-corrected chi connectivity index (χ3v) is 3.71. The van der Waals surface area contributed by atoms with Crippen molar-refractivity contribution in [2.75, 3.05) is 6.61 Å². The largest absolute Gasteiger partial charge is 0.367 e. The Hall–Kier alpha value is -2.30. The summed E-state index contributed by atoms with van der Waals surface area (Å²) in [6.07, 6.45) is -1.52. The highest BCUT2D eigenvalue weighted by Gasteiger charge is 2.38. The molecule has 1 fully saturated rings. The van der Waals surface area contributed by atoms with Crippen molar-refractivity contribution in [3.8, 4) is 0 Å². The van der Waals surface area contributed by atoms with Crippen LogP contribution in [0.2, 0.25) is 0 Å². The lowest BCUT2D eigenvalue weighted by Gasteiger charge is -2.35. The molecule has 0 aliphatic carbocycles. The molecule has 2 aromatic rings. The number of ketones is 1. The minimum atomic E-state index is -0.918. The van der Waals surface area contributed by atoms with Crippen LogP contribution in [0.3, 0.4) is 0 Å². The lowest BCUT2D eigenvalue weighted by Crippen LogP contribution is -2.40. The van der Waals surface area contributed by atoms with Gasteiger partial charge in [0.2, 0.25) is 5.78 Å². The molecule has 22 heavy (non-hydrogen) atoms. The normalized spacial score (nSPS) is 24.6. The van der Waals surface area contributed by atoms with E-state index in [1.165, 1.54) is 0 Å². The predicted octanol–water partition coefficient (Wildman–Crippen LogP) is 2.65. The molecule has 4 nitrogen and oxygen atoms in total. The standard InChI is InChI=1S/C18H16O4/c19-11-15(20)18-17(14-9-5-2-6-10-14)21-12-16(22-18)13-7-3-1-4-8-13/h1-11,16-18H,12H2. The zero-order valence-electron chi connectivity index (χ0n) is 11.9. The first-order valence-corrected chi connectivity index (χ1v) is 7.15. The Labute approximate surface area is 128 Å². The van der Waals surface area contributed by atoms with Crippen molar-refractivity contribution in [3.05, 3.63) is 71.8 Å². The fourth-order valence-corrected chi connectivity index (χ4v) is 2.61. The molecule has 0 saturated carbocycles. The maximum absolute atomic E-state index is 12.0. The van der Waals surface area contributed by atoms with Crippen molar-refractivity contribution in [3.63, 3.8) is 0 Å². The molecule has 0 amide bonds. The zero-order valence-corrected chi connectivity index (χ0v) is 11.9. The van der Waals surface area contributed by atoms with E-state index in [0.717, 1.165) is 11.1 Å². The van der Waals surface area contributed by atoms with Crippen LogP contribution in [-0.4, -0.2) is 24.8 Å². The van der Waals surface area contributed by atoms with Crippen molar-refractivity contribution in [2.24, 2.45) is 0 Å². The van der Waals surface area contributed by atoms with E-state index in [4.69, 9.17) is 9.47 Å².